The second-order valence-electron chi connectivity index (χ2n) is 11.5. The Morgan fingerprint density at radius 3 is 1.76 bits per heavy atom. The molecule has 0 spiro atoms. The molecule has 4 aromatic carbocycles. The van der Waals surface area contributed by atoms with Gasteiger partial charge in [-0.25, -0.2) is 0 Å². The van der Waals surface area contributed by atoms with Crippen molar-refractivity contribution in [3.8, 4) is 11.8 Å². The van der Waals surface area contributed by atoms with E-state index in [0.29, 0.717) is 12.7 Å². The van der Waals surface area contributed by atoms with Crippen LogP contribution in [-0.2, 0) is 65.5 Å². The molecule has 4 heterocycles. The molecule has 0 amide bonds. The molecule has 0 bridgehead atoms. The van der Waals surface area contributed by atoms with Gasteiger partial charge >= 0.3 is 0 Å². The number of aliphatic imine (C=N–C) groups is 1. The molecule has 250 valence electrons. The summed E-state index contributed by atoms with van der Waals surface area (Å²) in [7, 11) is 4.11. The summed E-state index contributed by atoms with van der Waals surface area (Å²) in [5.41, 5.74) is 6.38. The molecular formula is C41H30Au2N6-4. The summed E-state index contributed by atoms with van der Waals surface area (Å²) in [6.45, 7) is 0.697. The van der Waals surface area contributed by atoms with Crippen molar-refractivity contribution in [2.75, 3.05) is 0 Å². The Balaban J connectivity index is 0.000000141. The largest absolute Gasteiger partial charge is 0.515 e. The number of hydrogen-bond donors (Lipinski definition) is 0. The van der Waals surface area contributed by atoms with E-state index in [2.05, 4.69) is 123 Å². The minimum Gasteiger partial charge on any atom is -0.515 e. The second-order valence-corrected chi connectivity index (χ2v) is 11.5. The van der Waals surface area contributed by atoms with Crippen LogP contribution in [-0.4, -0.2) is 42.0 Å². The molecule has 0 fully saturated rings. The Hall–Kier alpha value is -4.76. The zero-order chi connectivity index (χ0) is 32.3. The van der Waals surface area contributed by atoms with Crippen molar-refractivity contribution in [1.82, 2.24) is 23.6 Å². The van der Waals surface area contributed by atoms with Gasteiger partial charge in [-0.3, -0.25) is 18.2 Å². The van der Waals surface area contributed by atoms with Gasteiger partial charge < -0.3 is 41.4 Å². The summed E-state index contributed by atoms with van der Waals surface area (Å²) in [6.07, 6.45) is 32.1. The van der Waals surface area contributed by atoms with Gasteiger partial charge in [-0.15, -0.1) is 47.8 Å². The fourth-order valence-corrected chi connectivity index (χ4v) is 6.30. The number of allylic oxidation sites excluding steroid dienone is 2. The Kier molecular flexibility index (Phi) is 11.3. The number of hydrogen-bond acceptors (Lipinski definition) is 3. The normalized spacial score (nSPS) is 15.4. The fraction of sp³-hybridized carbons (Fsp3) is 0.122. The third kappa shape index (κ3) is 7.04. The van der Waals surface area contributed by atoms with Crippen molar-refractivity contribution in [3.05, 3.63) is 152 Å². The van der Waals surface area contributed by atoms with Crippen LogP contribution in [0.25, 0.3) is 43.6 Å². The molecule has 3 aromatic heterocycles. The van der Waals surface area contributed by atoms with E-state index < -0.39 is 0 Å². The molecule has 2 atom stereocenters. The molecule has 2 aliphatic rings. The first-order valence-electron chi connectivity index (χ1n) is 15.3. The summed E-state index contributed by atoms with van der Waals surface area (Å²) in [5.74, 6) is 4.85. The maximum Gasteiger partial charge on any atom is 0.0540 e. The zero-order valence-corrected chi connectivity index (χ0v) is 31.0. The second kappa shape index (κ2) is 15.6. The number of aromatic nitrogens is 4. The monoisotopic (exact) mass is 1000 g/mol. The van der Waals surface area contributed by atoms with Crippen LogP contribution in [0.5, 0.6) is 0 Å². The number of rotatable bonds is 2. The van der Waals surface area contributed by atoms with E-state index in [1.165, 1.54) is 32.6 Å². The molecule has 49 heavy (non-hydrogen) atoms. The molecule has 2 radical (unpaired) electrons. The Labute approximate surface area is 317 Å². The number of benzene rings is 4. The van der Waals surface area contributed by atoms with Crippen LogP contribution in [0, 0.1) is 31.0 Å². The molecular weight excluding hydrogens is 970 g/mol. The van der Waals surface area contributed by atoms with Gasteiger partial charge in [0.25, 0.3) is 0 Å². The molecule has 8 heteroatoms. The zero-order valence-electron chi connectivity index (χ0n) is 26.7. The summed E-state index contributed by atoms with van der Waals surface area (Å²) in [5, 5.41) is 4.99. The first-order valence-corrected chi connectivity index (χ1v) is 15.3. The van der Waals surface area contributed by atoms with E-state index in [1.54, 1.807) is 6.20 Å². The molecule has 7 aromatic rings. The van der Waals surface area contributed by atoms with Crippen LogP contribution >= 0.6 is 0 Å². The number of nitrogens with zero attached hydrogens (tertiary/aromatic N) is 6. The van der Waals surface area contributed by atoms with E-state index in [0.717, 1.165) is 22.2 Å². The first kappa shape index (κ1) is 35.5. The summed E-state index contributed by atoms with van der Waals surface area (Å²) < 4.78 is 6.20. The third-order valence-corrected chi connectivity index (χ3v) is 8.70. The summed E-state index contributed by atoms with van der Waals surface area (Å²) in [4.78, 5) is 10.3. The maximum absolute atomic E-state index is 7.16. The van der Waals surface area contributed by atoms with E-state index in [9.17, 15) is 0 Å². The van der Waals surface area contributed by atoms with Gasteiger partial charge in [-0.2, -0.15) is 0 Å². The molecule has 1 aliphatic carbocycles. The SMILES string of the molecule is [Au].[Au].[C-]#Cc1ccc2c3ccccc3n(C)c2c1.[C-]#Cc1ccc2c3ccccc3n(C)c2c1.[C-]1=NC2C=CC=CC2N1Cn1[c-]ncc1. The van der Waals surface area contributed by atoms with Crippen molar-refractivity contribution in [2.45, 2.75) is 18.8 Å². The predicted molar refractivity (Wildman–Crippen MR) is 190 cm³/mol. The average molecular weight is 1000 g/mol. The van der Waals surface area contributed by atoms with E-state index >= 15 is 0 Å². The Bertz CT molecular complexity index is 2280. The van der Waals surface area contributed by atoms with Crippen LogP contribution < -0.4 is 0 Å². The fourth-order valence-electron chi connectivity index (χ4n) is 6.30. The van der Waals surface area contributed by atoms with Crippen LogP contribution in [0.15, 0.2) is 127 Å². The van der Waals surface area contributed by atoms with Crippen molar-refractivity contribution < 1.29 is 44.8 Å². The molecule has 0 saturated heterocycles. The van der Waals surface area contributed by atoms with Crippen molar-refractivity contribution in [1.29, 1.82) is 0 Å². The van der Waals surface area contributed by atoms with Gasteiger partial charge in [0.2, 0.25) is 0 Å². The first-order chi connectivity index (χ1) is 23.1. The smallest absolute Gasteiger partial charge is 0.0540 e. The number of aryl methyl sites for hydroxylation is 2. The molecule has 2 unspecified atom stereocenters. The van der Waals surface area contributed by atoms with Gasteiger partial charge in [0.1, 0.15) is 0 Å². The van der Waals surface area contributed by atoms with Gasteiger partial charge in [0.15, 0.2) is 0 Å². The van der Waals surface area contributed by atoms with Crippen LogP contribution in [0.4, 0.5) is 0 Å². The average Bonchev–Trinajstić information content (AvgIpc) is 3.92. The number of imidazole rings is 1. The van der Waals surface area contributed by atoms with Crippen molar-refractivity contribution in [3.63, 3.8) is 0 Å². The summed E-state index contributed by atoms with van der Waals surface area (Å²) >= 11 is 0. The van der Waals surface area contributed by atoms with Crippen LogP contribution in [0.2, 0.25) is 0 Å². The molecule has 9 rings (SSSR count). The molecule has 6 nitrogen and oxygen atoms in total. The Morgan fingerprint density at radius 2 is 1.22 bits per heavy atom. The minimum atomic E-state index is 0. The quantitative estimate of drug-likeness (QED) is 0.104. The predicted octanol–water partition coefficient (Wildman–Crippen LogP) is 7.26. The van der Waals surface area contributed by atoms with Gasteiger partial charge in [-0.1, -0.05) is 72.8 Å². The number of para-hydroxylation sites is 2. The standard InChI is InChI=1S/2C15H10N.C11H10N4.2Au/c2*1-3-11-8-9-13-12-6-4-5-7-14(12)16(2)15(13)10-11;1-2-4-11-10(3-1)13-8-15(11)9-14-6-5-12-7-14;;/h2*4-10H,2H3;1-6,10-11H,9H2;;/q2*-1;-2;;. The van der Waals surface area contributed by atoms with E-state index in [4.69, 9.17) is 12.8 Å². The van der Waals surface area contributed by atoms with Gasteiger partial charge in [-0.05, 0) is 12.1 Å². The Morgan fingerprint density at radius 1 is 0.694 bits per heavy atom. The van der Waals surface area contributed by atoms with E-state index in [1.807, 2.05) is 59.3 Å². The summed E-state index contributed by atoms with van der Waals surface area (Å²) in [6, 6.07) is 29.2. The third-order valence-electron chi connectivity index (χ3n) is 8.70. The van der Waals surface area contributed by atoms with Crippen LogP contribution in [0.1, 0.15) is 11.1 Å². The maximum atomic E-state index is 7.16. The molecule has 0 N–H and O–H groups in total. The van der Waals surface area contributed by atoms with Crippen LogP contribution in [0.3, 0.4) is 0 Å². The van der Waals surface area contributed by atoms with E-state index in [-0.39, 0.29) is 50.8 Å². The minimum absolute atomic E-state index is 0. The van der Waals surface area contributed by atoms with Crippen molar-refractivity contribution >= 4 is 50.0 Å². The topological polar surface area (TPSA) is 43.3 Å². The van der Waals surface area contributed by atoms with Gasteiger partial charge in [0.05, 0.1) is 6.04 Å². The van der Waals surface area contributed by atoms with Gasteiger partial charge in [0, 0.05) is 122 Å². The number of fused-ring (bicyclic) bond motifs is 7. The van der Waals surface area contributed by atoms with Crippen molar-refractivity contribution in [2.24, 2.45) is 19.1 Å². The molecule has 0 saturated carbocycles. The molecule has 1 aliphatic heterocycles.